The van der Waals surface area contributed by atoms with Crippen molar-refractivity contribution in [2.45, 2.75) is 26.9 Å². The minimum Gasteiger partial charge on any atom is -1.00 e. The van der Waals surface area contributed by atoms with Crippen LogP contribution in [0.2, 0.25) is 13.1 Å². The molecule has 6 rings (SSSR count). The van der Waals surface area contributed by atoms with Gasteiger partial charge >= 0.3 is 26.2 Å². The molecule has 0 aliphatic carbocycles. The molecule has 0 unspecified atom stereocenters. The van der Waals surface area contributed by atoms with Crippen LogP contribution in [-0.2, 0) is 26.2 Å². The van der Waals surface area contributed by atoms with Gasteiger partial charge < -0.3 is 24.8 Å². The number of hydrogen-bond acceptors (Lipinski definition) is 0. The molecule has 0 heterocycles. The molecule has 0 saturated heterocycles. The van der Waals surface area contributed by atoms with Crippen molar-refractivity contribution in [3.8, 4) is 44.5 Å². The molecule has 0 spiro atoms. The summed E-state index contributed by atoms with van der Waals surface area (Å²) >= 11 is 0. The normalized spacial score (nSPS) is 9.43. The van der Waals surface area contributed by atoms with Crippen molar-refractivity contribution < 1.29 is 51.0 Å². The standard InChI is InChI=1S/2C18H15.C2H7Si.2ClH.Zr/c2*1-14-12-13-17(15-8-4-2-5-9-15)18(14)16-10-6-3-7-11-16;1-3-2;;;/h2*2-13H,1H3;3H,1-2H3;2*1H;/q2*-1;;;;+4/p-2. The fraction of sp³-hybridized carbons (Fsp3) is 0.105. The van der Waals surface area contributed by atoms with Crippen LogP contribution < -0.4 is 24.8 Å². The summed E-state index contributed by atoms with van der Waals surface area (Å²) in [6.07, 6.45) is 0. The molecule has 0 amide bonds. The van der Waals surface area contributed by atoms with Gasteiger partial charge in [-0.2, -0.15) is 57.6 Å². The van der Waals surface area contributed by atoms with Crippen molar-refractivity contribution >= 4 is 9.52 Å². The van der Waals surface area contributed by atoms with E-state index < -0.39 is 0 Å². The first-order valence-electron chi connectivity index (χ1n) is 13.6. The topological polar surface area (TPSA) is 0 Å². The zero-order valence-electron chi connectivity index (χ0n) is 24.7. The Bertz CT molecular complexity index is 1420. The van der Waals surface area contributed by atoms with E-state index in [1.807, 2.05) is 0 Å². The third-order valence-corrected chi connectivity index (χ3v) is 6.62. The van der Waals surface area contributed by atoms with Gasteiger partial charge in [-0.25, -0.2) is 0 Å². The fourth-order valence-corrected chi connectivity index (χ4v) is 4.87. The van der Waals surface area contributed by atoms with E-state index in [-0.39, 0.29) is 51.0 Å². The smallest absolute Gasteiger partial charge is 1.00 e. The molecule has 6 aromatic rings. The molecule has 42 heavy (non-hydrogen) atoms. The summed E-state index contributed by atoms with van der Waals surface area (Å²) in [5, 5.41) is 0. The van der Waals surface area contributed by atoms with Crippen molar-refractivity contribution in [2.24, 2.45) is 0 Å². The maximum Gasteiger partial charge on any atom is 4.00 e. The third-order valence-electron chi connectivity index (χ3n) is 6.62. The number of halogens is 2. The summed E-state index contributed by atoms with van der Waals surface area (Å²) in [5.74, 6) is 0. The fourth-order valence-electron chi connectivity index (χ4n) is 4.87. The Morgan fingerprint density at radius 1 is 0.429 bits per heavy atom. The Hall–Kier alpha value is -2.74. The van der Waals surface area contributed by atoms with Gasteiger partial charge in [0.05, 0.1) is 0 Å². The number of hydrogen-bond donors (Lipinski definition) is 0. The largest absolute Gasteiger partial charge is 4.00 e. The molecular weight excluding hydrogens is 647 g/mol. The molecule has 0 aliphatic rings. The van der Waals surface area contributed by atoms with Crippen LogP contribution in [0.15, 0.2) is 146 Å². The molecule has 1 radical (unpaired) electrons. The van der Waals surface area contributed by atoms with E-state index in [2.05, 4.69) is 173 Å². The second-order valence-electron chi connectivity index (χ2n) is 9.65. The van der Waals surface area contributed by atoms with Gasteiger partial charge in [-0.3, -0.25) is 0 Å². The molecule has 0 aromatic heterocycles. The molecule has 0 fully saturated rings. The first kappa shape index (κ1) is 37.3. The van der Waals surface area contributed by atoms with Crippen LogP contribution >= 0.6 is 0 Å². The zero-order chi connectivity index (χ0) is 27.5. The predicted octanol–water partition coefficient (Wildman–Crippen LogP) is 4.62. The first-order chi connectivity index (χ1) is 19.1. The Morgan fingerprint density at radius 2 is 0.667 bits per heavy atom. The van der Waals surface area contributed by atoms with Crippen LogP contribution in [0, 0.1) is 13.8 Å². The number of benzene rings is 4. The molecule has 0 nitrogen and oxygen atoms in total. The molecule has 0 atom stereocenters. The van der Waals surface area contributed by atoms with E-state index in [1.54, 1.807) is 0 Å². The quantitative estimate of drug-likeness (QED) is 0.188. The van der Waals surface area contributed by atoms with Crippen LogP contribution in [0.4, 0.5) is 0 Å². The maximum absolute atomic E-state index is 2.22. The van der Waals surface area contributed by atoms with Gasteiger partial charge in [0.1, 0.15) is 0 Å². The van der Waals surface area contributed by atoms with Gasteiger partial charge in [-0.15, -0.1) is 0 Å². The molecule has 4 heteroatoms. The molecule has 6 aromatic carbocycles. The van der Waals surface area contributed by atoms with Crippen molar-refractivity contribution in [2.75, 3.05) is 0 Å². The number of rotatable bonds is 4. The van der Waals surface area contributed by atoms with Crippen molar-refractivity contribution in [1.29, 1.82) is 0 Å². The summed E-state index contributed by atoms with van der Waals surface area (Å²) in [6.45, 7) is 8.77. The van der Waals surface area contributed by atoms with Gasteiger partial charge in [0, 0.05) is 9.52 Å². The van der Waals surface area contributed by atoms with Crippen molar-refractivity contribution in [3.63, 3.8) is 0 Å². The summed E-state index contributed by atoms with van der Waals surface area (Å²) < 4.78 is 0. The van der Waals surface area contributed by atoms with Crippen LogP contribution in [0.3, 0.4) is 0 Å². The van der Waals surface area contributed by atoms with E-state index in [0.29, 0.717) is 0 Å². The van der Waals surface area contributed by atoms with E-state index >= 15 is 0 Å². The molecule has 0 saturated carbocycles. The predicted molar refractivity (Wildman–Crippen MR) is 174 cm³/mol. The second-order valence-corrected chi connectivity index (χ2v) is 10.8. The van der Waals surface area contributed by atoms with E-state index in [4.69, 9.17) is 0 Å². The van der Waals surface area contributed by atoms with Gasteiger partial charge in [-0.05, 0) is 0 Å². The maximum atomic E-state index is 2.22. The van der Waals surface area contributed by atoms with Gasteiger partial charge in [0.15, 0.2) is 0 Å². The Labute approximate surface area is 286 Å². The molecular formula is C38H37Cl2SiZr. The average molecular weight is 684 g/mol. The molecule has 0 aliphatic heterocycles. The second kappa shape index (κ2) is 19.4. The Balaban J connectivity index is 0.000000361. The van der Waals surface area contributed by atoms with E-state index in [1.165, 1.54) is 55.6 Å². The van der Waals surface area contributed by atoms with Crippen molar-refractivity contribution in [3.05, 3.63) is 157 Å². The SMILES string of the molecule is C[SiH]C.Cc1[cH-]cc(-c2ccccc2)c1-c1ccccc1.Cc1[cH-]cc(-c2ccccc2)c1-c1ccccc1.[Cl-].[Cl-].[Zr+4]. The minimum atomic E-state index is 0. The molecule has 0 bridgehead atoms. The van der Waals surface area contributed by atoms with E-state index in [9.17, 15) is 0 Å². The van der Waals surface area contributed by atoms with E-state index in [0.717, 1.165) is 9.52 Å². The summed E-state index contributed by atoms with van der Waals surface area (Å²) in [7, 11) is 0.750. The average Bonchev–Trinajstić information content (AvgIpc) is 3.58. The van der Waals surface area contributed by atoms with Crippen LogP contribution in [-0.4, -0.2) is 9.52 Å². The monoisotopic (exact) mass is 681 g/mol. The van der Waals surface area contributed by atoms with Crippen LogP contribution in [0.25, 0.3) is 44.5 Å². The molecule has 0 N–H and O–H groups in total. The molecule has 211 valence electrons. The van der Waals surface area contributed by atoms with Gasteiger partial charge in [0.25, 0.3) is 0 Å². The first-order valence-corrected chi connectivity index (χ1v) is 15.9. The Morgan fingerprint density at radius 3 is 0.929 bits per heavy atom. The minimum absolute atomic E-state index is 0. The van der Waals surface area contributed by atoms with Gasteiger partial charge in [-0.1, -0.05) is 171 Å². The van der Waals surface area contributed by atoms with Crippen molar-refractivity contribution in [1.82, 2.24) is 0 Å². The van der Waals surface area contributed by atoms with Crippen LogP contribution in [0.1, 0.15) is 11.1 Å². The summed E-state index contributed by atoms with van der Waals surface area (Å²) in [4.78, 5) is 0. The summed E-state index contributed by atoms with van der Waals surface area (Å²) in [6, 6.07) is 51.2. The number of aryl methyl sites for hydroxylation is 2. The Kier molecular flexibility index (Phi) is 17.3. The zero-order valence-corrected chi connectivity index (χ0v) is 29.8. The van der Waals surface area contributed by atoms with Gasteiger partial charge in [0.2, 0.25) is 0 Å². The summed E-state index contributed by atoms with van der Waals surface area (Å²) in [5.41, 5.74) is 13.1. The van der Waals surface area contributed by atoms with Crippen LogP contribution in [0.5, 0.6) is 0 Å². The third kappa shape index (κ3) is 9.65.